The molecule has 1 saturated carbocycles. The zero-order valence-corrected chi connectivity index (χ0v) is 15.8. The van der Waals surface area contributed by atoms with Crippen LogP contribution in [-0.2, 0) is 4.79 Å². The Balaban J connectivity index is 1.54. The number of carbonyl (C=O) groups is 1. The Morgan fingerprint density at radius 3 is 2.69 bits per heavy atom. The molecular formula is C20H31N5O. The molecule has 26 heavy (non-hydrogen) atoms. The lowest BCUT2D eigenvalue weighted by atomic mass is 9.74. The van der Waals surface area contributed by atoms with E-state index in [4.69, 9.17) is 0 Å². The number of piperidine rings is 1. The normalized spacial score (nSPS) is 20.5. The molecule has 1 saturated heterocycles. The molecule has 1 spiro atoms. The van der Waals surface area contributed by atoms with Gasteiger partial charge in [-0.3, -0.25) is 14.8 Å². The average Bonchev–Trinajstić information content (AvgIpc) is 2.88. The predicted octanol–water partition coefficient (Wildman–Crippen LogP) is 3.03. The van der Waals surface area contributed by atoms with Gasteiger partial charge in [0.2, 0.25) is 5.91 Å². The molecule has 3 rings (SSSR count). The van der Waals surface area contributed by atoms with E-state index in [0.29, 0.717) is 11.1 Å². The maximum atomic E-state index is 12.2. The van der Waals surface area contributed by atoms with Crippen molar-refractivity contribution in [3.8, 4) is 0 Å². The van der Waals surface area contributed by atoms with E-state index in [1.807, 2.05) is 12.1 Å². The summed E-state index contributed by atoms with van der Waals surface area (Å²) in [6.07, 6.45) is 14.0. The zero-order chi connectivity index (χ0) is 18.2. The standard InChI is InChI=1S/C20H31N5O/c1-21-19(23-15-18(26)24-17-8-6-12-22-14-17)25-13-7-11-20(16-25)9-4-2-3-5-10-20/h6,8,12,14H,2-5,7,9-11,13,15-16H2,1H3,(H,21,23)(H,24,26). The van der Waals surface area contributed by atoms with Crippen molar-refractivity contribution < 1.29 is 4.79 Å². The Labute approximate surface area is 156 Å². The lowest BCUT2D eigenvalue weighted by Crippen LogP contribution is -2.51. The van der Waals surface area contributed by atoms with Crippen LogP contribution >= 0.6 is 0 Å². The summed E-state index contributed by atoms with van der Waals surface area (Å²) >= 11 is 0. The number of anilines is 1. The second-order valence-corrected chi connectivity index (χ2v) is 7.63. The number of hydrogen-bond acceptors (Lipinski definition) is 3. The summed E-state index contributed by atoms with van der Waals surface area (Å²) in [6.45, 7) is 2.30. The monoisotopic (exact) mass is 357 g/mol. The van der Waals surface area contributed by atoms with E-state index in [2.05, 4.69) is 25.5 Å². The van der Waals surface area contributed by atoms with Crippen molar-refractivity contribution in [3.63, 3.8) is 0 Å². The molecule has 2 fully saturated rings. The maximum Gasteiger partial charge on any atom is 0.243 e. The van der Waals surface area contributed by atoms with Crippen LogP contribution < -0.4 is 10.6 Å². The van der Waals surface area contributed by atoms with E-state index in [-0.39, 0.29) is 12.5 Å². The van der Waals surface area contributed by atoms with Crippen LogP contribution in [0.5, 0.6) is 0 Å². The van der Waals surface area contributed by atoms with Gasteiger partial charge in [0.05, 0.1) is 18.4 Å². The first kappa shape index (κ1) is 18.7. The summed E-state index contributed by atoms with van der Waals surface area (Å²) in [4.78, 5) is 23.0. The van der Waals surface area contributed by atoms with Crippen molar-refractivity contribution in [2.45, 2.75) is 51.4 Å². The molecule has 6 heteroatoms. The van der Waals surface area contributed by atoms with E-state index in [1.54, 1.807) is 19.4 Å². The number of carbonyl (C=O) groups excluding carboxylic acids is 1. The van der Waals surface area contributed by atoms with Gasteiger partial charge in [-0.15, -0.1) is 0 Å². The number of aliphatic imine (C=N–C) groups is 1. The molecule has 2 heterocycles. The van der Waals surface area contributed by atoms with Crippen molar-refractivity contribution in [1.82, 2.24) is 15.2 Å². The van der Waals surface area contributed by atoms with Gasteiger partial charge in [0.1, 0.15) is 0 Å². The third-order valence-electron chi connectivity index (χ3n) is 5.69. The lowest BCUT2D eigenvalue weighted by molar-refractivity contribution is -0.115. The number of aromatic nitrogens is 1. The number of nitrogens with zero attached hydrogens (tertiary/aromatic N) is 3. The fraction of sp³-hybridized carbons (Fsp3) is 0.650. The Bertz CT molecular complexity index is 608. The van der Waals surface area contributed by atoms with Gasteiger partial charge in [-0.2, -0.15) is 0 Å². The molecule has 2 aliphatic rings. The lowest BCUT2D eigenvalue weighted by Gasteiger charge is -2.44. The second-order valence-electron chi connectivity index (χ2n) is 7.63. The molecule has 0 atom stereocenters. The van der Waals surface area contributed by atoms with Gasteiger partial charge in [0, 0.05) is 26.3 Å². The van der Waals surface area contributed by atoms with Gasteiger partial charge < -0.3 is 15.5 Å². The largest absolute Gasteiger partial charge is 0.347 e. The van der Waals surface area contributed by atoms with Crippen LogP contribution in [0.2, 0.25) is 0 Å². The number of rotatable bonds is 3. The van der Waals surface area contributed by atoms with Crippen LogP contribution in [0.1, 0.15) is 51.4 Å². The summed E-state index contributed by atoms with van der Waals surface area (Å²) < 4.78 is 0. The van der Waals surface area contributed by atoms with Gasteiger partial charge in [-0.05, 0) is 43.2 Å². The summed E-state index contributed by atoms with van der Waals surface area (Å²) in [7, 11) is 1.80. The zero-order valence-electron chi connectivity index (χ0n) is 15.8. The molecule has 0 bridgehead atoms. The molecule has 1 aliphatic heterocycles. The summed E-state index contributed by atoms with van der Waals surface area (Å²) in [5.41, 5.74) is 1.16. The van der Waals surface area contributed by atoms with E-state index in [9.17, 15) is 4.79 Å². The van der Waals surface area contributed by atoms with E-state index in [0.717, 1.165) is 19.0 Å². The molecule has 0 radical (unpaired) electrons. The predicted molar refractivity (Wildman–Crippen MR) is 105 cm³/mol. The maximum absolute atomic E-state index is 12.2. The first-order valence-corrected chi connectivity index (χ1v) is 9.86. The van der Waals surface area contributed by atoms with Crippen molar-refractivity contribution in [1.29, 1.82) is 0 Å². The molecule has 0 unspecified atom stereocenters. The van der Waals surface area contributed by atoms with Crippen LogP contribution in [0.4, 0.5) is 5.69 Å². The van der Waals surface area contributed by atoms with Crippen LogP contribution in [0.3, 0.4) is 0 Å². The highest BCUT2D eigenvalue weighted by Gasteiger charge is 2.36. The molecule has 142 valence electrons. The van der Waals surface area contributed by atoms with Crippen molar-refractivity contribution in [2.75, 3.05) is 32.0 Å². The topological polar surface area (TPSA) is 69.6 Å². The molecule has 1 aliphatic carbocycles. The third-order valence-corrected chi connectivity index (χ3v) is 5.69. The molecule has 2 N–H and O–H groups in total. The number of nitrogens with one attached hydrogen (secondary N) is 2. The van der Waals surface area contributed by atoms with Crippen LogP contribution in [0, 0.1) is 5.41 Å². The minimum atomic E-state index is -0.0830. The van der Waals surface area contributed by atoms with Crippen LogP contribution in [0.25, 0.3) is 0 Å². The van der Waals surface area contributed by atoms with E-state index < -0.39 is 0 Å². The van der Waals surface area contributed by atoms with E-state index >= 15 is 0 Å². The highest BCUT2D eigenvalue weighted by atomic mass is 16.1. The number of guanidine groups is 1. The highest BCUT2D eigenvalue weighted by Crippen LogP contribution is 2.42. The quantitative estimate of drug-likeness (QED) is 0.644. The fourth-order valence-electron chi connectivity index (χ4n) is 4.41. The second kappa shape index (κ2) is 9.01. The third kappa shape index (κ3) is 4.96. The van der Waals surface area contributed by atoms with Crippen molar-refractivity contribution >= 4 is 17.6 Å². The summed E-state index contributed by atoms with van der Waals surface area (Å²) in [5.74, 6) is 0.759. The summed E-state index contributed by atoms with van der Waals surface area (Å²) in [6, 6.07) is 3.64. The average molecular weight is 358 g/mol. The smallest absolute Gasteiger partial charge is 0.243 e. The van der Waals surface area contributed by atoms with Crippen molar-refractivity contribution in [2.24, 2.45) is 10.4 Å². The first-order chi connectivity index (χ1) is 12.7. The fourth-order valence-corrected chi connectivity index (χ4v) is 4.41. The van der Waals surface area contributed by atoms with E-state index in [1.165, 1.54) is 51.4 Å². The van der Waals surface area contributed by atoms with Crippen LogP contribution in [0.15, 0.2) is 29.5 Å². The minimum Gasteiger partial charge on any atom is -0.347 e. The Hall–Kier alpha value is -2.11. The van der Waals surface area contributed by atoms with Crippen molar-refractivity contribution in [3.05, 3.63) is 24.5 Å². The molecule has 1 amide bonds. The molecule has 6 nitrogen and oxygen atoms in total. The molecular weight excluding hydrogens is 326 g/mol. The number of pyridine rings is 1. The highest BCUT2D eigenvalue weighted by molar-refractivity contribution is 5.94. The number of likely N-dealkylation sites (tertiary alicyclic amines) is 1. The molecule has 0 aromatic carbocycles. The Morgan fingerprint density at radius 2 is 2.00 bits per heavy atom. The van der Waals surface area contributed by atoms with Gasteiger partial charge in [-0.25, -0.2) is 0 Å². The molecule has 1 aromatic rings. The van der Waals surface area contributed by atoms with Gasteiger partial charge in [0.25, 0.3) is 0 Å². The SMILES string of the molecule is CN=C(NCC(=O)Nc1cccnc1)N1CCCC2(CCCCCC2)C1. The van der Waals surface area contributed by atoms with Gasteiger partial charge in [-0.1, -0.05) is 25.7 Å². The Kier molecular flexibility index (Phi) is 6.47. The molecule has 1 aromatic heterocycles. The first-order valence-electron chi connectivity index (χ1n) is 9.86. The minimum absolute atomic E-state index is 0.0830. The van der Waals surface area contributed by atoms with Gasteiger partial charge in [0.15, 0.2) is 5.96 Å². The number of amides is 1. The van der Waals surface area contributed by atoms with Gasteiger partial charge >= 0.3 is 0 Å². The van der Waals surface area contributed by atoms with Crippen LogP contribution in [-0.4, -0.2) is 48.4 Å². The number of hydrogen-bond donors (Lipinski definition) is 2. The summed E-state index contributed by atoms with van der Waals surface area (Å²) in [5, 5.41) is 6.09. The Morgan fingerprint density at radius 1 is 1.23 bits per heavy atom.